The van der Waals surface area contributed by atoms with Gasteiger partial charge in [-0.3, -0.25) is 4.90 Å². The molecule has 23 heavy (non-hydrogen) atoms. The van der Waals surface area contributed by atoms with E-state index in [1.165, 1.54) is 15.9 Å². The highest BCUT2D eigenvalue weighted by Crippen LogP contribution is 2.41. The number of hydrogen-bond donors (Lipinski definition) is 1. The second-order valence-corrected chi connectivity index (χ2v) is 7.29. The lowest BCUT2D eigenvalue weighted by Crippen LogP contribution is -2.36. The first-order valence-corrected chi connectivity index (χ1v) is 8.77. The van der Waals surface area contributed by atoms with Crippen molar-refractivity contribution in [2.75, 3.05) is 13.1 Å². The summed E-state index contributed by atoms with van der Waals surface area (Å²) in [5.74, 6) is 2.45. The van der Waals surface area contributed by atoms with Gasteiger partial charge in [-0.1, -0.05) is 18.3 Å². The fraction of sp³-hybridized carbons (Fsp3) is 0.500. The predicted molar refractivity (Wildman–Crippen MR) is 87.8 cm³/mol. The summed E-state index contributed by atoms with van der Waals surface area (Å²) in [7, 11) is 0. The number of fused-ring (bicyclic) bond motifs is 1. The highest BCUT2D eigenvalue weighted by atomic mass is 32.1. The van der Waals surface area contributed by atoms with Gasteiger partial charge in [-0.2, -0.15) is 4.52 Å². The number of aromatic nitrogens is 3. The van der Waals surface area contributed by atoms with E-state index >= 15 is 0 Å². The molecule has 6 nitrogen and oxygen atoms in total. The summed E-state index contributed by atoms with van der Waals surface area (Å²) in [4.78, 5) is 8.33. The third-order valence-corrected chi connectivity index (χ3v) is 5.62. The predicted octanol–water partition coefficient (Wildman–Crippen LogP) is 3.22. The van der Waals surface area contributed by atoms with Crippen molar-refractivity contribution < 1.29 is 9.52 Å². The van der Waals surface area contributed by atoms with Gasteiger partial charge < -0.3 is 9.52 Å². The van der Waals surface area contributed by atoms with Gasteiger partial charge in [0.1, 0.15) is 17.6 Å². The zero-order chi connectivity index (χ0) is 16.0. The molecule has 1 unspecified atom stereocenters. The monoisotopic (exact) mass is 332 g/mol. The molecule has 7 heteroatoms. The van der Waals surface area contributed by atoms with E-state index in [1.807, 2.05) is 19.1 Å². The second kappa shape index (κ2) is 5.65. The van der Waals surface area contributed by atoms with E-state index in [0.717, 1.165) is 47.4 Å². The van der Waals surface area contributed by atoms with Gasteiger partial charge in [0.15, 0.2) is 0 Å². The van der Waals surface area contributed by atoms with Crippen LogP contribution in [0.25, 0.3) is 4.96 Å². The van der Waals surface area contributed by atoms with E-state index in [1.54, 1.807) is 6.26 Å². The van der Waals surface area contributed by atoms with Gasteiger partial charge in [-0.05, 0) is 50.9 Å². The van der Waals surface area contributed by atoms with Gasteiger partial charge in [0, 0.05) is 0 Å². The minimum Gasteiger partial charge on any atom is -0.492 e. The minimum atomic E-state index is -0.0775. The fourth-order valence-electron chi connectivity index (χ4n) is 3.23. The first-order valence-electron chi connectivity index (χ1n) is 7.96. The van der Waals surface area contributed by atoms with Crippen LogP contribution in [0.5, 0.6) is 5.88 Å². The van der Waals surface area contributed by atoms with Crippen LogP contribution >= 0.6 is 11.3 Å². The Balaban J connectivity index is 1.77. The van der Waals surface area contributed by atoms with Crippen LogP contribution in [0, 0.1) is 12.8 Å². The average molecular weight is 332 g/mol. The van der Waals surface area contributed by atoms with Gasteiger partial charge in [0.05, 0.1) is 11.1 Å². The number of aryl methyl sites for hydroxylation is 1. The molecule has 3 aromatic rings. The number of nitrogens with zero attached hydrogens (tertiary/aromatic N) is 4. The van der Waals surface area contributed by atoms with E-state index in [9.17, 15) is 5.11 Å². The summed E-state index contributed by atoms with van der Waals surface area (Å²) in [6.45, 7) is 6.12. The van der Waals surface area contributed by atoms with Crippen molar-refractivity contribution in [2.24, 2.45) is 5.92 Å². The molecule has 1 fully saturated rings. The Morgan fingerprint density at radius 1 is 1.39 bits per heavy atom. The third-order valence-electron chi connectivity index (χ3n) is 4.55. The largest absolute Gasteiger partial charge is 0.492 e. The molecule has 0 spiro atoms. The number of hydrogen-bond acceptors (Lipinski definition) is 6. The molecular formula is C16H20N4O2S. The number of furan rings is 1. The van der Waals surface area contributed by atoms with Crippen LogP contribution in [0.15, 0.2) is 22.8 Å². The number of piperidine rings is 1. The highest BCUT2D eigenvalue weighted by molar-refractivity contribution is 7.17. The summed E-state index contributed by atoms with van der Waals surface area (Å²) < 4.78 is 7.21. The second-order valence-electron chi connectivity index (χ2n) is 6.28. The first kappa shape index (κ1) is 14.7. The summed E-state index contributed by atoms with van der Waals surface area (Å²) in [5.41, 5.74) is 0. The molecule has 122 valence electrons. The zero-order valence-electron chi connectivity index (χ0n) is 13.3. The van der Waals surface area contributed by atoms with Gasteiger partial charge in [0.25, 0.3) is 0 Å². The van der Waals surface area contributed by atoms with E-state index in [2.05, 4.69) is 21.9 Å². The molecule has 4 heterocycles. The maximum absolute atomic E-state index is 10.7. The highest BCUT2D eigenvalue weighted by Gasteiger charge is 2.32. The minimum absolute atomic E-state index is 0.0775. The molecule has 3 aromatic heterocycles. The molecule has 0 amide bonds. The molecule has 4 rings (SSSR count). The molecule has 1 atom stereocenters. The number of rotatable bonds is 3. The Morgan fingerprint density at radius 3 is 2.83 bits per heavy atom. The van der Waals surface area contributed by atoms with Crippen molar-refractivity contribution in [3.8, 4) is 5.88 Å². The van der Waals surface area contributed by atoms with E-state index < -0.39 is 0 Å². The van der Waals surface area contributed by atoms with E-state index in [0.29, 0.717) is 5.82 Å². The SMILES string of the molecule is Cc1nc2sc(C(c3ccco3)N3CCC(C)CC3)c(O)n2n1. The molecule has 1 aliphatic rings. The molecule has 1 aliphatic heterocycles. The summed E-state index contributed by atoms with van der Waals surface area (Å²) in [6.07, 6.45) is 4.02. The third kappa shape index (κ3) is 2.53. The lowest BCUT2D eigenvalue weighted by Gasteiger charge is -2.35. The average Bonchev–Trinajstić information content (AvgIpc) is 3.22. The molecule has 1 N–H and O–H groups in total. The number of thiazole rings is 1. The Hall–Kier alpha value is -1.86. The molecular weight excluding hydrogens is 312 g/mol. The van der Waals surface area contributed by atoms with Crippen LogP contribution in [-0.4, -0.2) is 37.7 Å². The Kier molecular flexibility index (Phi) is 3.61. The Labute approximate surface area is 138 Å². The zero-order valence-corrected chi connectivity index (χ0v) is 14.1. The van der Waals surface area contributed by atoms with Crippen molar-refractivity contribution in [3.63, 3.8) is 0 Å². The van der Waals surface area contributed by atoms with Crippen molar-refractivity contribution >= 4 is 16.3 Å². The smallest absolute Gasteiger partial charge is 0.230 e. The lowest BCUT2D eigenvalue weighted by molar-refractivity contribution is 0.144. The molecule has 0 aromatic carbocycles. The van der Waals surface area contributed by atoms with Crippen LogP contribution in [0.3, 0.4) is 0 Å². The quantitative estimate of drug-likeness (QED) is 0.798. The Morgan fingerprint density at radius 2 is 2.17 bits per heavy atom. The van der Waals surface area contributed by atoms with E-state index in [4.69, 9.17) is 4.42 Å². The Bertz CT molecular complexity index is 800. The van der Waals surface area contributed by atoms with Gasteiger partial charge in [-0.25, -0.2) is 4.98 Å². The maximum Gasteiger partial charge on any atom is 0.230 e. The summed E-state index contributed by atoms with van der Waals surface area (Å²) in [6, 6.07) is 3.79. The molecule has 0 saturated carbocycles. The topological polar surface area (TPSA) is 66.8 Å². The van der Waals surface area contributed by atoms with Crippen LogP contribution in [0.2, 0.25) is 0 Å². The van der Waals surface area contributed by atoms with Crippen LogP contribution in [0.1, 0.15) is 42.3 Å². The van der Waals surface area contributed by atoms with Crippen LogP contribution in [-0.2, 0) is 0 Å². The van der Waals surface area contributed by atoms with Crippen molar-refractivity contribution in [2.45, 2.75) is 32.7 Å². The lowest BCUT2D eigenvalue weighted by atomic mass is 9.97. The van der Waals surface area contributed by atoms with Crippen molar-refractivity contribution in [1.82, 2.24) is 19.5 Å². The summed E-state index contributed by atoms with van der Waals surface area (Å²) >= 11 is 1.48. The van der Waals surface area contributed by atoms with E-state index in [-0.39, 0.29) is 11.9 Å². The standard InChI is InChI=1S/C16H20N4O2S/c1-10-5-7-19(8-6-10)13(12-4-3-9-22-12)14-15(21)20-16(23-14)17-11(2)18-20/h3-4,9-10,13,21H,5-8H2,1-2H3. The molecule has 0 radical (unpaired) electrons. The normalized spacial score (nSPS) is 18.7. The van der Waals surface area contributed by atoms with Crippen molar-refractivity contribution in [1.29, 1.82) is 0 Å². The summed E-state index contributed by atoms with van der Waals surface area (Å²) in [5, 5.41) is 14.9. The first-order chi connectivity index (χ1) is 11.1. The van der Waals surface area contributed by atoms with Crippen LogP contribution in [0.4, 0.5) is 0 Å². The van der Waals surface area contributed by atoms with Gasteiger partial charge >= 0.3 is 0 Å². The number of aromatic hydroxyl groups is 1. The van der Waals surface area contributed by atoms with Gasteiger partial charge in [-0.15, -0.1) is 5.10 Å². The van der Waals surface area contributed by atoms with Crippen molar-refractivity contribution in [3.05, 3.63) is 34.9 Å². The van der Waals surface area contributed by atoms with Gasteiger partial charge in [0.2, 0.25) is 10.8 Å². The molecule has 0 aliphatic carbocycles. The molecule has 0 bridgehead atoms. The van der Waals surface area contributed by atoms with Crippen LogP contribution < -0.4 is 0 Å². The maximum atomic E-state index is 10.7. The molecule has 1 saturated heterocycles. The number of likely N-dealkylation sites (tertiary alicyclic amines) is 1. The fourth-order valence-corrected chi connectivity index (χ4v) is 4.38.